The van der Waals surface area contributed by atoms with Gasteiger partial charge in [0.25, 0.3) is 0 Å². The molecule has 1 aromatic heterocycles. The largest absolute Gasteiger partial charge is 0.393 e. The average Bonchev–Trinajstić information content (AvgIpc) is 2.39. The second kappa shape index (κ2) is 4.41. The molecular weight excluding hydrogens is 212 g/mol. The normalized spacial score (nSPS) is 25.0. The van der Waals surface area contributed by atoms with E-state index >= 15 is 0 Å². The van der Waals surface area contributed by atoms with Crippen LogP contribution in [0.1, 0.15) is 37.4 Å². The van der Waals surface area contributed by atoms with Crippen LogP contribution in [-0.2, 0) is 0 Å². The first-order valence-corrected chi connectivity index (χ1v) is 6.22. The van der Waals surface area contributed by atoms with Gasteiger partial charge in [-0.2, -0.15) is 0 Å². The van der Waals surface area contributed by atoms with Crippen molar-refractivity contribution >= 4 is 10.9 Å². The predicted molar refractivity (Wildman–Crippen MR) is 66.8 cm³/mol. The highest BCUT2D eigenvalue weighted by Gasteiger charge is 2.22. The van der Waals surface area contributed by atoms with Crippen LogP contribution in [0, 0.1) is 0 Å². The molecule has 3 rings (SSSR count). The van der Waals surface area contributed by atoms with E-state index in [0.29, 0.717) is 5.92 Å². The molecule has 0 bridgehead atoms. The Kier molecular flexibility index (Phi) is 2.77. The number of hydrogen-bond acceptors (Lipinski definition) is 3. The van der Waals surface area contributed by atoms with Crippen molar-refractivity contribution in [2.24, 2.45) is 0 Å². The zero-order valence-electron chi connectivity index (χ0n) is 9.71. The summed E-state index contributed by atoms with van der Waals surface area (Å²) >= 11 is 0. The van der Waals surface area contributed by atoms with Gasteiger partial charge in [-0.3, -0.25) is 0 Å². The van der Waals surface area contributed by atoms with Crippen molar-refractivity contribution in [2.45, 2.75) is 37.7 Å². The van der Waals surface area contributed by atoms with E-state index in [9.17, 15) is 5.11 Å². The van der Waals surface area contributed by atoms with E-state index in [0.717, 1.165) is 42.4 Å². The van der Waals surface area contributed by atoms with Gasteiger partial charge < -0.3 is 5.11 Å². The van der Waals surface area contributed by atoms with Gasteiger partial charge in [-0.1, -0.05) is 18.2 Å². The van der Waals surface area contributed by atoms with Crippen molar-refractivity contribution in [1.29, 1.82) is 0 Å². The van der Waals surface area contributed by atoms with Crippen LogP contribution in [0.15, 0.2) is 30.5 Å². The molecule has 0 atom stereocenters. The summed E-state index contributed by atoms with van der Waals surface area (Å²) in [5, 5.41) is 10.6. The van der Waals surface area contributed by atoms with E-state index in [-0.39, 0.29) is 6.10 Å². The SMILES string of the molecule is OC1CCC(c2ncc3ccccc3n2)CC1. The Morgan fingerprint density at radius 2 is 1.82 bits per heavy atom. The second-order valence-electron chi connectivity index (χ2n) is 4.79. The first-order chi connectivity index (χ1) is 8.33. The predicted octanol–water partition coefficient (Wildman–Crippen LogP) is 2.65. The van der Waals surface area contributed by atoms with E-state index in [1.165, 1.54) is 0 Å². The molecule has 2 aromatic rings. The van der Waals surface area contributed by atoms with Gasteiger partial charge in [0.05, 0.1) is 11.6 Å². The number of para-hydroxylation sites is 1. The molecule has 1 aliphatic rings. The second-order valence-corrected chi connectivity index (χ2v) is 4.79. The molecule has 1 heterocycles. The smallest absolute Gasteiger partial charge is 0.132 e. The van der Waals surface area contributed by atoms with Crippen LogP contribution in [-0.4, -0.2) is 21.2 Å². The van der Waals surface area contributed by atoms with Gasteiger partial charge in [0.15, 0.2) is 0 Å². The van der Waals surface area contributed by atoms with Gasteiger partial charge >= 0.3 is 0 Å². The fourth-order valence-electron chi connectivity index (χ4n) is 2.52. The van der Waals surface area contributed by atoms with Gasteiger partial charge in [0.1, 0.15) is 5.82 Å². The number of aliphatic hydroxyl groups excluding tert-OH is 1. The molecule has 1 aromatic carbocycles. The standard InChI is InChI=1S/C14H16N2O/c17-12-7-5-10(6-8-12)14-15-9-11-3-1-2-4-13(11)16-14/h1-4,9-10,12,17H,5-8H2. The molecule has 3 heteroatoms. The van der Waals surface area contributed by atoms with Crippen LogP contribution >= 0.6 is 0 Å². The summed E-state index contributed by atoms with van der Waals surface area (Å²) in [6, 6.07) is 8.06. The Morgan fingerprint density at radius 3 is 2.65 bits per heavy atom. The summed E-state index contributed by atoms with van der Waals surface area (Å²) in [6.07, 6.45) is 5.54. The number of fused-ring (bicyclic) bond motifs is 1. The number of aromatic nitrogens is 2. The fraction of sp³-hybridized carbons (Fsp3) is 0.429. The Morgan fingerprint density at radius 1 is 1.06 bits per heavy atom. The molecule has 1 saturated carbocycles. The zero-order valence-corrected chi connectivity index (χ0v) is 9.71. The van der Waals surface area contributed by atoms with Crippen LogP contribution in [0.2, 0.25) is 0 Å². The first kappa shape index (κ1) is 10.7. The third kappa shape index (κ3) is 2.15. The summed E-state index contributed by atoms with van der Waals surface area (Å²) in [5.41, 5.74) is 1.02. The van der Waals surface area contributed by atoms with Gasteiger partial charge in [-0.25, -0.2) is 9.97 Å². The molecular formula is C14H16N2O. The first-order valence-electron chi connectivity index (χ1n) is 6.22. The maximum atomic E-state index is 9.50. The summed E-state index contributed by atoms with van der Waals surface area (Å²) in [4.78, 5) is 9.09. The monoisotopic (exact) mass is 228 g/mol. The summed E-state index contributed by atoms with van der Waals surface area (Å²) in [5.74, 6) is 1.36. The highest BCUT2D eigenvalue weighted by molar-refractivity contribution is 5.77. The topological polar surface area (TPSA) is 46.0 Å². The van der Waals surface area contributed by atoms with Crippen LogP contribution in [0.3, 0.4) is 0 Å². The van der Waals surface area contributed by atoms with Crippen molar-refractivity contribution in [3.8, 4) is 0 Å². The third-order valence-corrected chi connectivity index (χ3v) is 3.57. The highest BCUT2D eigenvalue weighted by Crippen LogP contribution is 2.31. The van der Waals surface area contributed by atoms with Gasteiger partial charge in [0.2, 0.25) is 0 Å². The lowest BCUT2D eigenvalue weighted by atomic mass is 9.87. The van der Waals surface area contributed by atoms with Crippen LogP contribution in [0.5, 0.6) is 0 Å². The lowest BCUT2D eigenvalue weighted by Gasteiger charge is -2.24. The lowest BCUT2D eigenvalue weighted by molar-refractivity contribution is 0.121. The third-order valence-electron chi connectivity index (χ3n) is 3.57. The van der Waals surface area contributed by atoms with Crippen molar-refractivity contribution in [2.75, 3.05) is 0 Å². The van der Waals surface area contributed by atoms with Gasteiger partial charge in [0, 0.05) is 17.5 Å². The Labute approximate surface area is 101 Å². The van der Waals surface area contributed by atoms with Gasteiger partial charge in [-0.05, 0) is 31.7 Å². The number of nitrogens with zero attached hydrogens (tertiary/aromatic N) is 2. The number of benzene rings is 1. The van der Waals surface area contributed by atoms with Gasteiger partial charge in [-0.15, -0.1) is 0 Å². The minimum absolute atomic E-state index is 0.119. The van der Waals surface area contributed by atoms with E-state index in [1.807, 2.05) is 30.5 Å². The summed E-state index contributed by atoms with van der Waals surface area (Å²) in [7, 11) is 0. The summed E-state index contributed by atoms with van der Waals surface area (Å²) < 4.78 is 0. The van der Waals surface area contributed by atoms with Crippen molar-refractivity contribution in [3.05, 3.63) is 36.3 Å². The van der Waals surface area contributed by atoms with Crippen LogP contribution in [0.4, 0.5) is 0 Å². The van der Waals surface area contributed by atoms with Crippen molar-refractivity contribution < 1.29 is 5.11 Å². The molecule has 0 aliphatic heterocycles. The van der Waals surface area contributed by atoms with E-state index < -0.39 is 0 Å². The lowest BCUT2D eigenvalue weighted by Crippen LogP contribution is -2.18. The average molecular weight is 228 g/mol. The van der Waals surface area contributed by atoms with E-state index in [1.54, 1.807) is 0 Å². The van der Waals surface area contributed by atoms with Crippen molar-refractivity contribution in [1.82, 2.24) is 9.97 Å². The molecule has 0 spiro atoms. The highest BCUT2D eigenvalue weighted by atomic mass is 16.3. The maximum absolute atomic E-state index is 9.50. The molecule has 1 N–H and O–H groups in total. The Balaban J connectivity index is 1.90. The molecule has 0 amide bonds. The molecule has 0 unspecified atom stereocenters. The zero-order chi connectivity index (χ0) is 11.7. The van der Waals surface area contributed by atoms with Crippen molar-refractivity contribution in [3.63, 3.8) is 0 Å². The maximum Gasteiger partial charge on any atom is 0.132 e. The Bertz CT molecular complexity index is 518. The molecule has 88 valence electrons. The quantitative estimate of drug-likeness (QED) is 0.816. The summed E-state index contributed by atoms with van der Waals surface area (Å²) in [6.45, 7) is 0. The number of hydrogen-bond donors (Lipinski definition) is 1. The molecule has 17 heavy (non-hydrogen) atoms. The molecule has 1 aliphatic carbocycles. The van der Waals surface area contributed by atoms with E-state index in [2.05, 4.69) is 9.97 Å². The number of aliphatic hydroxyl groups is 1. The fourth-order valence-corrected chi connectivity index (χ4v) is 2.52. The van der Waals surface area contributed by atoms with Crippen LogP contribution < -0.4 is 0 Å². The molecule has 3 nitrogen and oxygen atoms in total. The minimum atomic E-state index is -0.119. The number of rotatable bonds is 1. The van der Waals surface area contributed by atoms with Crippen LogP contribution in [0.25, 0.3) is 10.9 Å². The molecule has 0 saturated heterocycles. The minimum Gasteiger partial charge on any atom is -0.393 e. The van der Waals surface area contributed by atoms with E-state index in [4.69, 9.17) is 0 Å². The molecule has 1 fully saturated rings. The Hall–Kier alpha value is -1.48. The molecule has 0 radical (unpaired) electrons.